The fourth-order valence-electron chi connectivity index (χ4n) is 2.81. The van der Waals surface area contributed by atoms with Crippen molar-refractivity contribution in [1.29, 1.82) is 0 Å². The molecule has 0 spiro atoms. The van der Waals surface area contributed by atoms with E-state index in [4.69, 9.17) is 4.42 Å². The molecule has 25 heavy (non-hydrogen) atoms. The van der Waals surface area contributed by atoms with Crippen molar-refractivity contribution in [2.75, 3.05) is 18.4 Å². The number of benzene rings is 1. The Balaban J connectivity index is 1.85. The second kappa shape index (κ2) is 6.61. The summed E-state index contributed by atoms with van der Waals surface area (Å²) < 4.78 is 45.8. The molecule has 2 heterocycles. The highest BCUT2D eigenvalue weighted by Gasteiger charge is 2.31. The van der Waals surface area contributed by atoms with Crippen molar-refractivity contribution in [3.05, 3.63) is 47.2 Å². The number of aryl methyl sites for hydroxylation is 2. The minimum Gasteiger partial charge on any atom is -0.455 e. The Morgan fingerprint density at radius 1 is 1.20 bits per heavy atom. The summed E-state index contributed by atoms with van der Waals surface area (Å²) in [7, 11) is -3.68. The Labute approximate surface area is 145 Å². The first kappa shape index (κ1) is 17.6. The van der Waals surface area contributed by atoms with E-state index in [1.165, 1.54) is 29.4 Å². The molecule has 0 atom stereocenters. The first-order chi connectivity index (χ1) is 11.8. The molecule has 0 saturated carbocycles. The molecule has 1 saturated heterocycles. The smallest absolute Gasteiger partial charge is 0.291 e. The minimum atomic E-state index is -3.68. The number of halogens is 1. The molecule has 1 aromatic carbocycles. The van der Waals surface area contributed by atoms with Gasteiger partial charge in [-0.05, 0) is 44.4 Å². The number of amides is 1. The van der Waals surface area contributed by atoms with Crippen molar-refractivity contribution >= 4 is 21.6 Å². The third-order valence-electron chi connectivity index (χ3n) is 4.15. The van der Waals surface area contributed by atoms with Crippen LogP contribution in [0.15, 0.2) is 33.6 Å². The van der Waals surface area contributed by atoms with Crippen LogP contribution in [0.25, 0.3) is 0 Å². The van der Waals surface area contributed by atoms with Crippen molar-refractivity contribution in [3.63, 3.8) is 0 Å². The van der Waals surface area contributed by atoms with Crippen LogP contribution in [0.5, 0.6) is 0 Å². The van der Waals surface area contributed by atoms with Gasteiger partial charge < -0.3 is 9.73 Å². The van der Waals surface area contributed by atoms with Crippen LogP contribution in [-0.4, -0.2) is 31.7 Å². The molecule has 134 valence electrons. The van der Waals surface area contributed by atoms with Crippen LogP contribution in [0.2, 0.25) is 0 Å². The van der Waals surface area contributed by atoms with Gasteiger partial charge in [-0.2, -0.15) is 4.31 Å². The molecule has 6 nitrogen and oxygen atoms in total. The van der Waals surface area contributed by atoms with Crippen LogP contribution in [0, 0.1) is 19.7 Å². The van der Waals surface area contributed by atoms with E-state index in [0.29, 0.717) is 13.1 Å². The summed E-state index contributed by atoms with van der Waals surface area (Å²) in [6.45, 7) is 4.15. The summed E-state index contributed by atoms with van der Waals surface area (Å²) in [5.74, 6) is -1.30. The Hall–Kier alpha value is -2.19. The maximum Gasteiger partial charge on any atom is 0.291 e. The van der Waals surface area contributed by atoms with Gasteiger partial charge in [0.25, 0.3) is 5.91 Å². The van der Waals surface area contributed by atoms with Crippen LogP contribution in [-0.2, 0) is 10.0 Å². The summed E-state index contributed by atoms with van der Waals surface area (Å²) in [5, 5.41) is 2.40. The highest BCUT2D eigenvalue weighted by Crippen LogP contribution is 2.27. The van der Waals surface area contributed by atoms with Crippen molar-refractivity contribution in [1.82, 2.24) is 4.31 Å². The summed E-state index contributed by atoms with van der Waals surface area (Å²) >= 11 is 0. The molecule has 1 amide bonds. The molecular weight excluding hydrogens is 347 g/mol. The molecule has 1 aromatic heterocycles. The quantitative estimate of drug-likeness (QED) is 0.902. The number of nitrogens with one attached hydrogen (secondary N) is 1. The van der Waals surface area contributed by atoms with Crippen molar-refractivity contribution in [3.8, 4) is 0 Å². The van der Waals surface area contributed by atoms with Crippen molar-refractivity contribution in [2.45, 2.75) is 31.6 Å². The average molecular weight is 366 g/mol. The zero-order chi connectivity index (χ0) is 18.2. The maximum absolute atomic E-state index is 13.9. The molecule has 0 aliphatic carbocycles. The molecule has 0 bridgehead atoms. The van der Waals surface area contributed by atoms with Crippen LogP contribution in [0.3, 0.4) is 0 Å². The number of anilines is 1. The molecule has 1 fully saturated rings. The van der Waals surface area contributed by atoms with Gasteiger partial charge in [-0.25, -0.2) is 12.8 Å². The first-order valence-electron chi connectivity index (χ1n) is 7.97. The molecule has 1 aliphatic rings. The molecule has 8 heteroatoms. The zero-order valence-corrected chi connectivity index (χ0v) is 14.8. The highest BCUT2D eigenvalue weighted by molar-refractivity contribution is 7.89. The molecule has 1 N–H and O–H groups in total. The van der Waals surface area contributed by atoms with Gasteiger partial charge in [0.1, 0.15) is 16.5 Å². The minimum absolute atomic E-state index is 0.00797. The number of carbonyl (C=O) groups excluding carboxylic acids is 1. The predicted molar refractivity (Wildman–Crippen MR) is 90.5 cm³/mol. The first-order valence-corrected chi connectivity index (χ1v) is 9.41. The molecule has 0 radical (unpaired) electrons. The van der Waals surface area contributed by atoms with E-state index in [1.54, 1.807) is 13.0 Å². The van der Waals surface area contributed by atoms with E-state index < -0.39 is 21.7 Å². The Morgan fingerprint density at radius 2 is 1.88 bits per heavy atom. The third kappa shape index (κ3) is 3.45. The van der Waals surface area contributed by atoms with Crippen LogP contribution in [0.1, 0.15) is 34.7 Å². The van der Waals surface area contributed by atoms with E-state index in [-0.39, 0.29) is 22.1 Å². The fraction of sp³-hybridized carbons (Fsp3) is 0.353. The normalized spacial score (nSPS) is 15.5. The van der Waals surface area contributed by atoms with Gasteiger partial charge in [0, 0.05) is 19.2 Å². The summed E-state index contributed by atoms with van der Waals surface area (Å²) in [4.78, 5) is 12.3. The number of carbonyl (C=O) groups is 1. The zero-order valence-electron chi connectivity index (χ0n) is 14.0. The Bertz CT molecular complexity index is 915. The number of sulfonamides is 1. The maximum atomic E-state index is 13.9. The topological polar surface area (TPSA) is 79.6 Å². The summed E-state index contributed by atoms with van der Waals surface area (Å²) in [5.41, 5.74) is 0.733. The lowest BCUT2D eigenvalue weighted by Gasteiger charge is -2.14. The summed E-state index contributed by atoms with van der Waals surface area (Å²) in [6.07, 6.45) is 1.63. The van der Waals surface area contributed by atoms with E-state index in [2.05, 4.69) is 5.32 Å². The van der Waals surface area contributed by atoms with Gasteiger partial charge in [0.05, 0.1) is 5.69 Å². The Kier molecular flexibility index (Phi) is 4.66. The van der Waals surface area contributed by atoms with E-state index >= 15 is 0 Å². The van der Waals surface area contributed by atoms with Gasteiger partial charge in [-0.15, -0.1) is 0 Å². The number of hydrogen-bond acceptors (Lipinski definition) is 4. The summed E-state index contributed by atoms with van der Waals surface area (Å²) in [6, 6.07) is 5.60. The molecule has 3 rings (SSSR count). The second-order valence-electron chi connectivity index (χ2n) is 6.08. The number of furan rings is 1. The van der Waals surface area contributed by atoms with Crippen molar-refractivity contribution in [2.24, 2.45) is 0 Å². The van der Waals surface area contributed by atoms with Gasteiger partial charge in [0.15, 0.2) is 5.76 Å². The predicted octanol–water partition coefficient (Wildman–Crippen LogP) is 3.07. The lowest BCUT2D eigenvalue weighted by molar-refractivity contribution is 0.0995. The van der Waals surface area contributed by atoms with Crippen molar-refractivity contribution < 1.29 is 22.0 Å². The van der Waals surface area contributed by atoms with E-state index in [1.807, 2.05) is 0 Å². The number of nitrogens with zero attached hydrogens (tertiary/aromatic N) is 1. The SMILES string of the molecule is Cc1ccc(NC(=O)c2cc(S(=O)(=O)N3CCCC3)c(C)o2)c(F)c1. The second-order valence-corrected chi connectivity index (χ2v) is 7.99. The molecule has 0 unspecified atom stereocenters. The van der Waals surface area contributed by atoms with E-state index in [0.717, 1.165) is 18.4 Å². The number of rotatable bonds is 4. The van der Waals surface area contributed by atoms with Gasteiger partial charge in [0.2, 0.25) is 10.0 Å². The monoisotopic (exact) mass is 366 g/mol. The van der Waals surface area contributed by atoms with Gasteiger partial charge >= 0.3 is 0 Å². The fourth-order valence-corrected chi connectivity index (χ4v) is 4.48. The average Bonchev–Trinajstić information content (AvgIpc) is 3.20. The van der Waals surface area contributed by atoms with Crippen LogP contribution in [0.4, 0.5) is 10.1 Å². The molecule has 1 aliphatic heterocycles. The Morgan fingerprint density at radius 3 is 2.52 bits per heavy atom. The lowest BCUT2D eigenvalue weighted by atomic mass is 10.2. The van der Waals surface area contributed by atoms with Crippen LogP contribution < -0.4 is 5.32 Å². The molecule has 2 aromatic rings. The van der Waals surface area contributed by atoms with Crippen LogP contribution >= 0.6 is 0 Å². The highest BCUT2D eigenvalue weighted by atomic mass is 32.2. The van der Waals surface area contributed by atoms with E-state index in [9.17, 15) is 17.6 Å². The third-order valence-corrected chi connectivity index (χ3v) is 6.16. The largest absolute Gasteiger partial charge is 0.455 e. The molecular formula is C17H19FN2O4S. The van der Waals surface area contributed by atoms with Gasteiger partial charge in [-0.3, -0.25) is 4.79 Å². The van der Waals surface area contributed by atoms with Gasteiger partial charge in [-0.1, -0.05) is 6.07 Å². The standard InChI is InChI=1S/C17H19FN2O4S/c1-11-5-6-14(13(18)9-11)19-17(21)15-10-16(12(2)24-15)25(22,23)20-7-3-4-8-20/h5-6,9-10H,3-4,7-8H2,1-2H3,(H,19,21). The lowest BCUT2D eigenvalue weighted by Crippen LogP contribution is -2.28. The number of hydrogen-bond donors (Lipinski definition) is 1.